The Labute approximate surface area is 140 Å². The molecule has 126 valence electrons. The predicted molar refractivity (Wildman–Crippen MR) is 96.3 cm³/mol. The van der Waals surface area contributed by atoms with Crippen LogP contribution < -0.4 is 5.32 Å². The van der Waals surface area contributed by atoms with E-state index >= 15 is 0 Å². The zero-order valence-corrected chi connectivity index (χ0v) is 14.2. The minimum Gasteiger partial charge on any atom is -0.395 e. The van der Waals surface area contributed by atoms with Crippen LogP contribution in [-0.4, -0.2) is 48.3 Å². The molecule has 2 atom stereocenters. The molecule has 1 heterocycles. The van der Waals surface area contributed by atoms with E-state index in [0.29, 0.717) is 12.1 Å². The Kier molecular flexibility index (Phi) is 5.87. The number of rotatable bonds is 7. The first-order valence-corrected chi connectivity index (χ1v) is 9.15. The van der Waals surface area contributed by atoms with E-state index in [1.54, 1.807) is 5.57 Å². The number of nitrogens with one attached hydrogen (secondary N) is 1. The van der Waals surface area contributed by atoms with E-state index in [1.807, 2.05) is 0 Å². The molecule has 0 unspecified atom stereocenters. The van der Waals surface area contributed by atoms with Gasteiger partial charge in [0.1, 0.15) is 0 Å². The molecule has 1 aliphatic heterocycles. The lowest BCUT2D eigenvalue weighted by molar-refractivity contribution is 0.156. The van der Waals surface area contributed by atoms with Gasteiger partial charge in [-0.25, -0.2) is 0 Å². The Balaban J connectivity index is 1.48. The summed E-state index contributed by atoms with van der Waals surface area (Å²) in [5, 5.41) is 12.9. The van der Waals surface area contributed by atoms with Crippen LogP contribution in [0, 0.1) is 5.92 Å². The van der Waals surface area contributed by atoms with E-state index in [4.69, 9.17) is 5.11 Å². The molecule has 0 radical (unpaired) electrons. The maximum Gasteiger partial charge on any atom is 0.0558 e. The zero-order chi connectivity index (χ0) is 16.1. The van der Waals surface area contributed by atoms with Crippen LogP contribution in [0.15, 0.2) is 35.9 Å². The number of nitrogens with zero attached hydrogens (tertiary/aromatic N) is 1. The van der Waals surface area contributed by atoms with Crippen LogP contribution in [0.3, 0.4) is 0 Å². The summed E-state index contributed by atoms with van der Waals surface area (Å²) in [6.45, 7) is 5.63. The molecule has 0 bridgehead atoms. The molecule has 0 aromatic heterocycles. The minimum absolute atomic E-state index is 0.285. The molecule has 0 spiro atoms. The summed E-state index contributed by atoms with van der Waals surface area (Å²) in [7, 11) is 0. The smallest absolute Gasteiger partial charge is 0.0558 e. The fourth-order valence-corrected chi connectivity index (χ4v) is 3.79. The molecule has 2 aliphatic rings. The maximum absolute atomic E-state index is 9.02. The van der Waals surface area contributed by atoms with Gasteiger partial charge < -0.3 is 15.3 Å². The highest BCUT2D eigenvalue weighted by atomic mass is 16.3. The molecule has 1 saturated carbocycles. The highest BCUT2D eigenvalue weighted by molar-refractivity contribution is 5.54. The summed E-state index contributed by atoms with van der Waals surface area (Å²) < 4.78 is 0. The second-order valence-corrected chi connectivity index (χ2v) is 6.94. The third kappa shape index (κ3) is 4.66. The topological polar surface area (TPSA) is 35.5 Å². The Bertz CT molecular complexity index is 506. The number of hydrogen-bond donors (Lipinski definition) is 2. The lowest BCUT2D eigenvalue weighted by Gasteiger charge is -2.32. The Hall–Kier alpha value is -1.16. The standard InChI is InChI=1S/C20H30N2O/c1-2-17(14-16-6-4-3-5-7-16)19-15-20(19)21-18-8-10-22(11-9-18)12-13-23/h3-7,14,18-21,23H,2,8-13,15H2,1H3/b17-14+/t19-,20+/m0/s1. The van der Waals surface area contributed by atoms with Gasteiger partial charge in [-0.2, -0.15) is 0 Å². The molecule has 2 N–H and O–H groups in total. The largest absolute Gasteiger partial charge is 0.395 e. The average molecular weight is 314 g/mol. The van der Waals surface area contributed by atoms with E-state index in [0.717, 1.165) is 32.0 Å². The molecule has 1 saturated heterocycles. The van der Waals surface area contributed by atoms with Gasteiger partial charge in [-0.1, -0.05) is 48.9 Å². The van der Waals surface area contributed by atoms with Crippen molar-refractivity contribution in [2.45, 2.75) is 44.7 Å². The average Bonchev–Trinajstić information content (AvgIpc) is 3.34. The molecule has 3 nitrogen and oxygen atoms in total. The Morgan fingerprint density at radius 2 is 2.00 bits per heavy atom. The van der Waals surface area contributed by atoms with Crippen LogP contribution in [0.1, 0.15) is 38.2 Å². The van der Waals surface area contributed by atoms with Gasteiger partial charge in [0.2, 0.25) is 0 Å². The molecule has 2 fully saturated rings. The normalized spacial score (nSPS) is 26.4. The molecule has 1 aromatic rings. The fraction of sp³-hybridized carbons (Fsp3) is 0.600. The molecule has 3 heteroatoms. The summed E-state index contributed by atoms with van der Waals surface area (Å²) >= 11 is 0. The van der Waals surface area contributed by atoms with Gasteiger partial charge in [0.15, 0.2) is 0 Å². The van der Waals surface area contributed by atoms with Gasteiger partial charge in [0.25, 0.3) is 0 Å². The number of benzene rings is 1. The van der Waals surface area contributed by atoms with Crippen LogP contribution in [0.25, 0.3) is 6.08 Å². The SMILES string of the molecule is CC/C(=C\c1ccccc1)[C@@H]1C[C@H]1NC1CCN(CCO)CC1. The van der Waals surface area contributed by atoms with Gasteiger partial charge in [0.05, 0.1) is 6.61 Å². The third-order valence-electron chi connectivity index (χ3n) is 5.28. The minimum atomic E-state index is 0.285. The molecule has 0 amide bonds. The first kappa shape index (κ1) is 16.7. The summed E-state index contributed by atoms with van der Waals surface area (Å²) in [6.07, 6.45) is 7.26. The van der Waals surface area contributed by atoms with Crippen molar-refractivity contribution >= 4 is 6.08 Å². The number of aliphatic hydroxyl groups is 1. The van der Waals surface area contributed by atoms with E-state index in [2.05, 4.69) is 53.5 Å². The van der Waals surface area contributed by atoms with Gasteiger partial charge in [-0.3, -0.25) is 0 Å². The van der Waals surface area contributed by atoms with Crippen molar-refractivity contribution in [2.75, 3.05) is 26.2 Å². The molecule has 1 aromatic carbocycles. The van der Waals surface area contributed by atoms with Crippen molar-refractivity contribution in [1.29, 1.82) is 0 Å². The lowest BCUT2D eigenvalue weighted by atomic mass is 10.0. The zero-order valence-electron chi connectivity index (χ0n) is 14.2. The monoisotopic (exact) mass is 314 g/mol. The van der Waals surface area contributed by atoms with Crippen molar-refractivity contribution in [3.8, 4) is 0 Å². The predicted octanol–water partition coefficient (Wildman–Crippen LogP) is 2.91. The van der Waals surface area contributed by atoms with Crippen LogP contribution in [0.4, 0.5) is 0 Å². The molecular weight excluding hydrogens is 284 g/mol. The van der Waals surface area contributed by atoms with Gasteiger partial charge in [-0.15, -0.1) is 0 Å². The summed E-state index contributed by atoms with van der Waals surface area (Å²) in [6, 6.07) is 12.0. The first-order chi connectivity index (χ1) is 11.3. The molecule has 1 aliphatic carbocycles. The van der Waals surface area contributed by atoms with E-state index in [-0.39, 0.29) is 6.61 Å². The van der Waals surface area contributed by atoms with Crippen molar-refractivity contribution < 1.29 is 5.11 Å². The van der Waals surface area contributed by atoms with Crippen LogP contribution in [0.2, 0.25) is 0 Å². The Morgan fingerprint density at radius 1 is 1.26 bits per heavy atom. The van der Waals surface area contributed by atoms with Crippen molar-refractivity contribution in [2.24, 2.45) is 5.92 Å². The van der Waals surface area contributed by atoms with E-state index < -0.39 is 0 Å². The summed E-state index contributed by atoms with van der Waals surface area (Å²) in [4.78, 5) is 2.37. The van der Waals surface area contributed by atoms with Crippen molar-refractivity contribution in [3.63, 3.8) is 0 Å². The second kappa shape index (κ2) is 8.09. The van der Waals surface area contributed by atoms with Crippen LogP contribution >= 0.6 is 0 Å². The molecule has 3 rings (SSSR count). The lowest BCUT2D eigenvalue weighted by Crippen LogP contribution is -2.44. The highest BCUT2D eigenvalue weighted by Crippen LogP contribution is 2.40. The van der Waals surface area contributed by atoms with Crippen molar-refractivity contribution in [3.05, 3.63) is 41.5 Å². The fourth-order valence-electron chi connectivity index (χ4n) is 3.79. The summed E-state index contributed by atoms with van der Waals surface area (Å²) in [5.41, 5.74) is 2.92. The van der Waals surface area contributed by atoms with Crippen LogP contribution in [-0.2, 0) is 0 Å². The number of β-amino-alcohol motifs (C(OH)–C–C–N with tert-alkyl or cyclic N) is 1. The third-order valence-corrected chi connectivity index (χ3v) is 5.28. The van der Waals surface area contributed by atoms with E-state index in [1.165, 1.54) is 24.8 Å². The van der Waals surface area contributed by atoms with Crippen molar-refractivity contribution in [1.82, 2.24) is 10.2 Å². The quantitative estimate of drug-likeness (QED) is 0.812. The van der Waals surface area contributed by atoms with Crippen LogP contribution in [0.5, 0.6) is 0 Å². The number of piperidine rings is 1. The summed E-state index contributed by atoms with van der Waals surface area (Å²) in [5.74, 6) is 0.732. The number of likely N-dealkylation sites (tertiary alicyclic amines) is 1. The van der Waals surface area contributed by atoms with Gasteiger partial charge in [0, 0.05) is 18.6 Å². The molecule has 23 heavy (non-hydrogen) atoms. The van der Waals surface area contributed by atoms with Gasteiger partial charge in [-0.05, 0) is 50.3 Å². The molecular formula is C20H30N2O. The first-order valence-electron chi connectivity index (χ1n) is 9.15. The van der Waals surface area contributed by atoms with E-state index in [9.17, 15) is 0 Å². The highest BCUT2D eigenvalue weighted by Gasteiger charge is 2.40. The second-order valence-electron chi connectivity index (χ2n) is 6.94. The number of hydrogen-bond acceptors (Lipinski definition) is 3. The number of aliphatic hydroxyl groups excluding tert-OH is 1. The Morgan fingerprint density at radius 3 is 2.65 bits per heavy atom. The van der Waals surface area contributed by atoms with Gasteiger partial charge >= 0.3 is 0 Å². The maximum atomic E-state index is 9.02.